The SMILES string of the molecule is CC(C)(C)c1ccc(C=C2CCC(=C3SCCCS3)C2=O)o1. The van der Waals surface area contributed by atoms with Gasteiger partial charge in [-0.25, -0.2) is 0 Å². The quantitative estimate of drug-likeness (QED) is 0.643. The van der Waals surface area contributed by atoms with E-state index in [0.717, 1.165) is 47.0 Å². The molecule has 2 heterocycles. The van der Waals surface area contributed by atoms with Crippen LogP contribution in [0.1, 0.15) is 51.6 Å². The van der Waals surface area contributed by atoms with E-state index in [9.17, 15) is 4.79 Å². The van der Waals surface area contributed by atoms with Gasteiger partial charge in [-0.05, 0) is 49.0 Å². The van der Waals surface area contributed by atoms with Gasteiger partial charge in [0.15, 0.2) is 5.78 Å². The van der Waals surface area contributed by atoms with Crippen molar-refractivity contribution in [2.24, 2.45) is 0 Å². The third kappa shape index (κ3) is 3.38. The normalized spacial score (nSPS) is 22.0. The Balaban J connectivity index is 1.81. The molecular weight excluding hydrogens is 312 g/mol. The van der Waals surface area contributed by atoms with E-state index in [-0.39, 0.29) is 11.2 Å². The predicted molar refractivity (Wildman–Crippen MR) is 96.2 cm³/mol. The molecule has 0 unspecified atom stereocenters. The van der Waals surface area contributed by atoms with E-state index >= 15 is 0 Å². The second kappa shape index (κ2) is 6.32. The Kier molecular flexibility index (Phi) is 4.60. The van der Waals surface area contributed by atoms with Crippen LogP contribution in [-0.2, 0) is 10.2 Å². The van der Waals surface area contributed by atoms with Crippen LogP contribution in [0.4, 0.5) is 0 Å². The molecule has 1 saturated carbocycles. The predicted octanol–water partition coefficient (Wildman–Crippen LogP) is 5.41. The second-order valence-corrected chi connectivity index (χ2v) is 9.24. The highest BCUT2D eigenvalue weighted by Crippen LogP contribution is 2.42. The number of rotatable bonds is 1. The lowest BCUT2D eigenvalue weighted by Gasteiger charge is -2.14. The molecular formula is C18H22O2S2. The Hall–Kier alpha value is -0.870. The molecule has 1 aliphatic carbocycles. The minimum absolute atomic E-state index is 0.00104. The van der Waals surface area contributed by atoms with E-state index in [2.05, 4.69) is 20.8 Å². The Morgan fingerprint density at radius 3 is 2.50 bits per heavy atom. The van der Waals surface area contributed by atoms with Gasteiger partial charge < -0.3 is 4.42 Å². The van der Waals surface area contributed by atoms with Crippen molar-refractivity contribution in [2.45, 2.75) is 45.4 Å². The lowest BCUT2D eigenvalue weighted by molar-refractivity contribution is -0.111. The van der Waals surface area contributed by atoms with Crippen LogP contribution in [0.5, 0.6) is 0 Å². The summed E-state index contributed by atoms with van der Waals surface area (Å²) < 4.78 is 7.14. The molecule has 4 heteroatoms. The van der Waals surface area contributed by atoms with Crippen molar-refractivity contribution in [1.82, 2.24) is 0 Å². The zero-order valence-electron chi connectivity index (χ0n) is 13.4. The zero-order valence-corrected chi connectivity index (χ0v) is 15.0. The summed E-state index contributed by atoms with van der Waals surface area (Å²) in [6.07, 6.45) is 4.89. The Morgan fingerprint density at radius 2 is 1.86 bits per heavy atom. The highest BCUT2D eigenvalue weighted by molar-refractivity contribution is 8.22. The molecule has 1 aromatic heterocycles. The first kappa shape index (κ1) is 16.0. The summed E-state index contributed by atoms with van der Waals surface area (Å²) in [6.45, 7) is 6.39. The fourth-order valence-electron chi connectivity index (χ4n) is 2.62. The van der Waals surface area contributed by atoms with Crippen molar-refractivity contribution < 1.29 is 9.21 Å². The summed E-state index contributed by atoms with van der Waals surface area (Å²) in [5, 5.41) is 0. The number of ketones is 1. The van der Waals surface area contributed by atoms with E-state index in [0.29, 0.717) is 0 Å². The maximum Gasteiger partial charge on any atom is 0.186 e. The van der Waals surface area contributed by atoms with Crippen LogP contribution in [0.3, 0.4) is 0 Å². The molecule has 0 spiro atoms. The molecule has 0 atom stereocenters. The van der Waals surface area contributed by atoms with Crippen molar-refractivity contribution >= 4 is 35.4 Å². The minimum atomic E-state index is -0.00104. The topological polar surface area (TPSA) is 30.2 Å². The Bertz CT molecular complexity index is 636. The smallest absolute Gasteiger partial charge is 0.186 e. The first-order chi connectivity index (χ1) is 10.4. The summed E-state index contributed by atoms with van der Waals surface area (Å²) in [5.41, 5.74) is 1.92. The molecule has 0 aromatic carbocycles. The molecule has 2 aliphatic rings. The van der Waals surface area contributed by atoms with Gasteiger partial charge in [0.25, 0.3) is 0 Å². The molecule has 1 aromatic rings. The number of Topliss-reactive ketones (excluding diaryl/α,β-unsaturated/α-hetero) is 1. The fraction of sp³-hybridized carbons (Fsp3) is 0.500. The number of carbonyl (C=O) groups is 1. The number of hydrogen-bond donors (Lipinski definition) is 0. The fourth-order valence-corrected chi connectivity index (χ4v) is 5.32. The molecule has 0 amide bonds. The summed E-state index contributed by atoms with van der Waals surface area (Å²) in [4.78, 5) is 12.6. The summed E-state index contributed by atoms with van der Waals surface area (Å²) in [6, 6.07) is 3.98. The zero-order chi connectivity index (χ0) is 15.7. The van der Waals surface area contributed by atoms with Crippen molar-refractivity contribution in [3.63, 3.8) is 0 Å². The molecule has 2 nitrogen and oxygen atoms in total. The molecule has 0 N–H and O–H groups in total. The van der Waals surface area contributed by atoms with Gasteiger partial charge >= 0.3 is 0 Å². The number of allylic oxidation sites excluding steroid dienone is 2. The van der Waals surface area contributed by atoms with Gasteiger partial charge in [0.2, 0.25) is 0 Å². The maximum atomic E-state index is 12.6. The van der Waals surface area contributed by atoms with Crippen LogP contribution in [-0.4, -0.2) is 17.3 Å². The first-order valence-electron chi connectivity index (χ1n) is 7.79. The molecule has 1 saturated heterocycles. The van der Waals surface area contributed by atoms with Gasteiger partial charge in [0, 0.05) is 20.8 Å². The molecule has 0 bridgehead atoms. The van der Waals surface area contributed by atoms with Crippen molar-refractivity contribution in [1.29, 1.82) is 0 Å². The molecule has 0 radical (unpaired) electrons. The van der Waals surface area contributed by atoms with Crippen molar-refractivity contribution in [2.75, 3.05) is 11.5 Å². The molecule has 3 rings (SSSR count). The van der Waals surface area contributed by atoms with E-state index in [1.165, 1.54) is 10.7 Å². The Labute approximate surface area is 140 Å². The molecule has 118 valence electrons. The van der Waals surface area contributed by atoms with Crippen LogP contribution < -0.4 is 0 Å². The van der Waals surface area contributed by atoms with Gasteiger partial charge in [-0.2, -0.15) is 0 Å². The first-order valence-corrected chi connectivity index (χ1v) is 9.76. The number of thioether (sulfide) groups is 2. The largest absolute Gasteiger partial charge is 0.461 e. The molecule has 1 aliphatic heterocycles. The van der Waals surface area contributed by atoms with Gasteiger partial charge in [-0.1, -0.05) is 20.8 Å². The molecule has 22 heavy (non-hydrogen) atoms. The van der Waals surface area contributed by atoms with Crippen molar-refractivity contribution in [3.05, 3.63) is 39.0 Å². The van der Waals surface area contributed by atoms with E-state index in [4.69, 9.17) is 4.42 Å². The third-order valence-electron chi connectivity index (χ3n) is 3.89. The van der Waals surface area contributed by atoms with E-state index in [1.54, 1.807) is 0 Å². The van der Waals surface area contributed by atoms with E-state index < -0.39 is 0 Å². The van der Waals surface area contributed by atoms with Crippen LogP contribution >= 0.6 is 23.5 Å². The lowest BCUT2D eigenvalue weighted by Crippen LogP contribution is -2.08. The third-order valence-corrected chi connectivity index (χ3v) is 6.60. The van der Waals surface area contributed by atoms with Crippen molar-refractivity contribution in [3.8, 4) is 0 Å². The highest BCUT2D eigenvalue weighted by Gasteiger charge is 2.28. The molecule has 2 fully saturated rings. The van der Waals surface area contributed by atoms with Gasteiger partial charge in [0.1, 0.15) is 11.5 Å². The number of carbonyl (C=O) groups excluding carboxylic acids is 1. The lowest BCUT2D eigenvalue weighted by atomic mass is 9.94. The Morgan fingerprint density at radius 1 is 1.14 bits per heavy atom. The van der Waals surface area contributed by atoms with Gasteiger partial charge in [-0.15, -0.1) is 23.5 Å². The minimum Gasteiger partial charge on any atom is -0.461 e. The van der Waals surface area contributed by atoms with Crippen LogP contribution in [0, 0.1) is 0 Å². The second-order valence-electron chi connectivity index (χ2n) is 6.77. The summed E-state index contributed by atoms with van der Waals surface area (Å²) >= 11 is 3.70. The summed E-state index contributed by atoms with van der Waals surface area (Å²) in [7, 11) is 0. The standard InChI is InChI=1S/C18H22O2S2/c1-18(2,3)15-8-6-13(20-15)11-12-5-7-14(16(12)19)17-21-9-4-10-22-17/h6,8,11H,4-5,7,9-10H2,1-3H3. The van der Waals surface area contributed by atoms with E-state index in [1.807, 2.05) is 41.7 Å². The number of furan rings is 1. The van der Waals surface area contributed by atoms with Crippen LogP contribution in [0.2, 0.25) is 0 Å². The van der Waals surface area contributed by atoms with Gasteiger partial charge in [-0.3, -0.25) is 4.79 Å². The van der Waals surface area contributed by atoms with Crippen LogP contribution in [0.15, 0.2) is 31.9 Å². The van der Waals surface area contributed by atoms with Crippen LogP contribution in [0.25, 0.3) is 6.08 Å². The summed E-state index contributed by atoms with van der Waals surface area (Å²) in [5.74, 6) is 4.27. The number of hydrogen-bond acceptors (Lipinski definition) is 4. The average molecular weight is 335 g/mol. The highest BCUT2D eigenvalue weighted by atomic mass is 32.2. The average Bonchev–Trinajstić information content (AvgIpc) is 3.08. The monoisotopic (exact) mass is 334 g/mol. The maximum absolute atomic E-state index is 12.6. The van der Waals surface area contributed by atoms with Gasteiger partial charge in [0.05, 0.1) is 0 Å².